The van der Waals surface area contributed by atoms with Crippen LogP contribution in [0.5, 0.6) is 0 Å². The largest absolute Gasteiger partial charge is 0.456 e. The third-order valence-electron chi connectivity index (χ3n) is 12.6. The van der Waals surface area contributed by atoms with Crippen molar-refractivity contribution in [3.8, 4) is 33.4 Å². The van der Waals surface area contributed by atoms with Gasteiger partial charge in [-0.2, -0.15) is 0 Å². The molecule has 0 bridgehead atoms. The van der Waals surface area contributed by atoms with E-state index in [9.17, 15) is 0 Å². The molecule has 2 aliphatic carbocycles. The minimum Gasteiger partial charge on any atom is -0.456 e. The van der Waals surface area contributed by atoms with Crippen molar-refractivity contribution < 1.29 is 4.42 Å². The molecule has 0 N–H and O–H groups in total. The second-order valence-electron chi connectivity index (χ2n) is 15.8. The van der Waals surface area contributed by atoms with Crippen LogP contribution in [0.4, 0.5) is 17.1 Å². The average Bonchev–Trinajstić information content (AvgIpc) is 3.82. The number of benzene rings is 8. The molecule has 262 valence electrons. The molecule has 2 aliphatic rings. The summed E-state index contributed by atoms with van der Waals surface area (Å²) in [5.41, 5.74) is 19.1. The number of furan rings is 1. The third kappa shape index (κ3) is 4.55. The van der Waals surface area contributed by atoms with Gasteiger partial charge in [0.1, 0.15) is 11.2 Å². The highest BCUT2D eigenvalue weighted by Gasteiger charge is 2.42. The summed E-state index contributed by atoms with van der Waals surface area (Å²) in [6.07, 6.45) is 0. The van der Waals surface area contributed by atoms with Gasteiger partial charge in [-0.15, -0.1) is 0 Å². The molecular weight excluding hydrogens is 667 g/mol. The molecule has 2 nitrogen and oxygen atoms in total. The lowest BCUT2D eigenvalue weighted by Crippen LogP contribution is -2.23. The Bertz CT molecular complexity index is 2970. The van der Waals surface area contributed by atoms with E-state index in [-0.39, 0.29) is 10.8 Å². The smallest absolute Gasteiger partial charge is 0.135 e. The zero-order chi connectivity index (χ0) is 36.9. The molecule has 0 amide bonds. The number of fused-ring (bicyclic) bond motifs is 9. The van der Waals surface area contributed by atoms with E-state index in [0.717, 1.165) is 33.3 Å². The molecule has 55 heavy (non-hydrogen) atoms. The van der Waals surface area contributed by atoms with E-state index in [1.54, 1.807) is 0 Å². The Hall–Kier alpha value is -6.64. The fourth-order valence-electron chi connectivity index (χ4n) is 9.76. The zero-order valence-corrected chi connectivity index (χ0v) is 31.2. The van der Waals surface area contributed by atoms with Gasteiger partial charge in [-0.3, -0.25) is 0 Å². The summed E-state index contributed by atoms with van der Waals surface area (Å²) in [7, 11) is 0. The van der Waals surface area contributed by atoms with Crippen molar-refractivity contribution in [3.63, 3.8) is 0 Å². The van der Waals surface area contributed by atoms with Crippen molar-refractivity contribution in [2.24, 2.45) is 0 Å². The van der Waals surface area contributed by atoms with Crippen molar-refractivity contribution in [2.75, 3.05) is 4.90 Å². The number of para-hydroxylation sites is 1. The predicted molar refractivity (Wildman–Crippen MR) is 229 cm³/mol. The highest BCUT2D eigenvalue weighted by molar-refractivity contribution is 6.06. The van der Waals surface area contributed by atoms with Gasteiger partial charge in [-0.25, -0.2) is 0 Å². The lowest BCUT2D eigenvalue weighted by Gasteiger charge is -2.32. The fraction of sp³-hybridized carbons (Fsp3) is 0.0943. The van der Waals surface area contributed by atoms with E-state index < -0.39 is 0 Å². The van der Waals surface area contributed by atoms with E-state index in [2.05, 4.69) is 196 Å². The van der Waals surface area contributed by atoms with Crippen LogP contribution in [0.3, 0.4) is 0 Å². The predicted octanol–water partition coefficient (Wildman–Crippen LogP) is 14.4. The Balaban J connectivity index is 1.11. The van der Waals surface area contributed by atoms with Crippen LogP contribution in [0.25, 0.3) is 55.3 Å². The highest BCUT2D eigenvalue weighted by Crippen LogP contribution is 2.57. The quantitative estimate of drug-likeness (QED) is 0.177. The maximum atomic E-state index is 6.16. The lowest BCUT2D eigenvalue weighted by molar-refractivity contribution is 0.660. The highest BCUT2D eigenvalue weighted by atomic mass is 16.3. The van der Waals surface area contributed by atoms with Gasteiger partial charge in [0.2, 0.25) is 0 Å². The molecule has 0 radical (unpaired) electrons. The van der Waals surface area contributed by atoms with Gasteiger partial charge in [0.25, 0.3) is 0 Å². The van der Waals surface area contributed by atoms with Crippen molar-refractivity contribution in [1.29, 1.82) is 0 Å². The Labute approximate surface area is 322 Å². The summed E-state index contributed by atoms with van der Waals surface area (Å²) in [5.74, 6) is 0. The number of rotatable bonds is 5. The van der Waals surface area contributed by atoms with E-state index >= 15 is 0 Å². The van der Waals surface area contributed by atoms with Crippen molar-refractivity contribution in [3.05, 3.63) is 210 Å². The molecular formula is C53H39NO. The summed E-state index contributed by atoms with van der Waals surface area (Å²) in [6.45, 7) is 7.12. The molecule has 11 rings (SSSR count). The van der Waals surface area contributed by atoms with E-state index in [0.29, 0.717) is 0 Å². The first-order chi connectivity index (χ1) is 26.9. The van der Waals surface area contributed by atoms with Crippen LogP contribution in [0, 0.1) is 0 Å². The summed E-state index contributed by atoms with van der Waals surface area (Å²) < 4.78 is 6.16. The molecule has 0 saturated carbocycles. The van der Waals surface area contributed by atoms with Crippen LogP contribution < -0.4 is 4.90 Å². The SMILES string of the molecule is CC1(C)c2ccccc2-c2c(N(c3ccc(-c4ccc5oc6ccccc6c5c4)cc3)c3ccc4c(c3)C(C)(c3ccccc3)c3ccccc3-4)cccc21. The molecule has 0 saturated heterocycles. The first kappa shape index (κ1) is 31.8. The Morgan fingerprint density at radius 2 is 1.05 bits per heavy atom. The molecule has 1 heterocycles. The normalized spacial score (nSPS) is 16.1. The number of hydrogen-bond acceptors (Lipinski definition) is 2. The standard InChI is InChI=1S/C53H39NO/c1-52(2)44-19-10-8-18-42(44)51-46(52)21-13-22-48(51)54(37-27-24-34(25-28-37)35-26-31-50-43(32-35)41-17-9-12-23-49(41)55-50)38-29-30-40-39-16-7-11-20-45(39)53(3,47(40)33-38)36-14-5-4-6-15-36/h4-33H,1-3H3. The van der Waals surface area contributed by atoms with Gasteiger partial charge in [-0.1, -0.05) is 147 Å². The third-order valence-corrected chi connectivity index (χ3v) is 12.6. The summed E-state index contributed by atoms with van der Waals surface area (Å²) in [5, 5.41) is 2.28. The van der Waals surface area contributed by atoms with Crippen LogP contribution in [-0.2, 0) is 10.8 Å². The molecule has 8 aromatic carbocycles. The van der Waals surface area contributed by atoms with Gasteiger partial charge in [0.15, 0.2) is 0 Å². The maximum absolute atomic E-state index is 6.16. The van der Waals surface area contributed by atoms with E-state index in [1.165, 1.54) is 66.9 Å². The molecule has 1 unspecified atom stereocenters. The molecule has 0 spiro atoms. The van der Waals surface area contributed by atoms with Gasteiger partial charge in [-0.05, 0) is 111 Å². The van der Waals surface area contributed by atoms with Gasteiger partial charge >= 0.3 is 0 Å². The minimum absolute atomic E-state index is 0.112. The monoisotopic (exact) mass is 705 g/mol. The summed E-state index contributed by atoms with van der Waals surface area (Å²) in [4.78, 5) is 2.49. The van der Waals surface area contributed by atoms with Crippen LogP contribution in [-0.4, -0.2) is 0 Å². The molecule has 1 atom stereocenters. The topological polar surface area (TPSA) is 16.4 Å². The molecule has 2 heteroatoms. The first-order valence-electron chi connectivity index (χ1n) is 19.3. The van der Waals surface area contributed by atoms with Crippen molar-refractivity contribution in [1.82, 2.24) is 0 Å². The van der Waals surface area contributed by atoms with Crippen LogP contribution in [0.1, 0.15) is 48.6 Å². The van der Waals surface area contributed by atoms with Crippen LogP contribution in [0.15, 0.2) is 186 Å². The van der Waals surface area contributed by atoms with Crippen molar-refractivity contribution in [2.45, 2.75) is 31.6 Å². The molecule has 9 aromatic rings. The summed E-state index contributed by atoms with van der Waals surface area (Å²) >= 11 is 0. The van der Waals surface area contributed by atoms with Gasteiger partial charge in [0, 0.05) is 38.5 Å². The van der Waals surface area contributed by atoms with E-state index in [4.69, 9.17) is 4.42 Å². The molecule has 1 aromatic heterocycles. The average molecular weight is 706 g/mol. The molecule has 0 fully saturated rings. The summed E-state index contributed by atoms with van der Waals surface area (Å²) in [6, 6.07) is 66.8. The zero-order valence-electron chi connectivity index (χ0n) is 31.2. The second-order valence-corrected chi connectivity index (χ2v) is 15.8. The van der Waals surface area contributed by atoms with Crippen molar-refractivity contribution >= 4 is 39.0 Å². The Kier molecular flexibility index (Phi) is 6.76. The van der Waals surface area contributed by atoms with Crippen LogP contribution in [0.2, 0.25) is 0 Å². The Morgan fingerprint density at radius 1 is 0.418 bits per heavy atom. The molecule has 0 aliphatic heterocycles. The first-order valence-corrected chi connectivity index (χ1v) is 19.3. The number of anilines is 3. The second kappa shape index (κ2) is 11.7. The minimum atomic E-state index is -0.304. The van der Waals surface area contributed by atoms with Gasteiger partial charge < -0.3 is 9.32 Å². The maximum Gasteiger partial charge on any atom is 0.135 e. The Morgan fingerprint density at radius 3 is 1.89 bits per heavy atom. The van der Waals surface area contributed by atoms with Gasteiger partial charge in [0.05, 0.1) is 5.69 Å². The lowest BCUT2D eigenvalue weighted by atomic mass is 9.74. The number of hydrogen-bond donors (Lipinski definition) is 0. The number of nitrogens with zero attached hydrogens (tertiary/aromatic N) is 1. The van der Waals surface area contributed by atoms with E-state index in [1.807, 2.05) is 12.1 Å². The fourth-order valence-corrected chi connectivity index (χ4v) is 9.76. The van der Waals surface area contributed by atoms with Crippen LogP contribution >= 0.6 is 0 Å².